The lowest BCUT2D eigenvalue weighted by atomic mass is 10.4. The van der Waals surface area contributed by atoms with Gasteiger partial charge in [0.1, 0.15) is 18.2 Å². The SMILES string of the molecule is COCc1nc(NN)cc(N(C)CC(=O)NC2CC2)n1. The second-order valence-corrected chi connectivity index (χ2v) is 4.80. The van der Waals surface area contributed by atoms with E-state index < -0.39 is 0 Å². The number of amides is 1. The Bertz CT molecular complexity index is 477. The first-order chi connectivity index (χ1) is 9.62. The molecule has 8 nitrogen and oxygen atoms in total. The summed E-state index contributed by atoms with van der Waals surface area (Å²) in [6.45, 7) is 0.522. The summed E-state index contributed by atoms with van der Waals surface area (Å²) in [5.74, 6) is 6.98. The van der Waals surface area contributed by atoms with Crippen LogP contribution >= 0.6 is 0 Å². The molecule has 0 unspecified atom stereocenters. The highest BCUT2D eigenvalue weighted by molar-refractivity contribution is 5.81. The Labute approximate surface area is 117 Å². The number of nitrogens with one attached hydrogen (secondary N) is 2. The number of carbonyl (C=O) groups excluding carboxylic acids is 1. The molecule has 1 heterocycles. The largest absolute Gasteiger partial charge is 0.377 e. The fourth-order valence-electron chi connectivity index (χ4n) is 1.74. The van der Waals surface area contributed by atoms with Gasteiger partial charge in [0, 0.05) is 26.3 Å². The summed E-state index contributed by atoms with van der Waals surface area (Å²) in [6.07, 6.45) is 2.14. The zero-order valence-corrected chi connectivity index (χ0v) is 11.7. The molecule has 110 valence electrons. The molecule has 1 amide bonds. The van der Waals surface area contributed by atoms with Gasteiger partial charge < -0.3 is 20.4 Å². The minimum Gasteiger partial charge on any atom is -0.377 e. The van der Waals surface area contributed by atoms with Gasteiger partial charge in [-0.25, -0.2) is 15.8 Å². The summed E-state index contributed by atoms with van der Waals surface area (Å²) in [4.78, 5) is 22.0. The Morgan fingerprint density at radius 1 is 1.55 bits per heavy atom. The zero-order chi connectivity index (χ0) is 14.5. The second kappa shape index (κ2) is 6.49. The first kappa shape index (κ1) is 14.5. The summed E-state index contributed by atoms with van der Waals surface area (Å²) in [5, 5.41) is 2.93. The monoisotopic (exact) mass is 280 g/mol. The molecular formula is C12H20N6O2. The first-order valence-electron chi connectivity index (χ1n) is 6.46. The number of nitrogen functional groups attached to an aromatic ring is 1. The summed E-state index contributed by atoms with van der Waals surface area (Å²) < 4.78 is 5.01. The van der Waals surface area contributed by atoms with Crippen LogP contribution in [-0.4, -0.2) is 42.6 Å². The third-order valence-electron chi connectivity index (χ3n) is 2.89. The highest BCUT2D eigenvalue weighted by Crippen LogP contribution is 2.19. The van der Waals surface area contributed by atoms with Crippen molar-refractivity contribution in [2.75, 3.05) is 31.0 Å². The van der Waals surface area contributed by atoms with Crippen molar-refractivity contribution in [2.24, 2.45) is 5.84 Å². The Morgan fingerprint density at radius 2 is 2.30 bits per heavy atom. The number of anilines is 2. The molecular weight excluding hydrogens is 260 g/mol. The molecule has 0 atom stereocenters. The van der Waals surface area contributed by atoms with Crippen molar-refractivity contribution in [3.05, 3.63) is 11.9 Å². The number of methoxy groups -OCH3 is 1. The molecule has 1 aliphatic rings. The van der Waals surface area contributed by atoms with Crippen LogP contribution in [0.5, 0.6) is 0 Å². The minimum atomic E-state index is -0.0100. The molecule has 1 aromatic heterocycles. The highest BCUT2D eigenvalue weighted by atomic mass is 16.5. The number of hydrogen-bond donors (Lipinski definition) is 3. The molecule has 0 aliphatic heterocycles. The van der Waals surface area contributed by atoms with Gasteiger partial charge in [-0.15, -0.1) is 0 Å². The topological polar surface area (TPSA) is 105 Å². The molecule has 1 fully saturated rings. The number of likely N-dealkylation sites (N-methyl/N-ethyl adjacent to an activating group) is 1. The van der Waals surface area contributed by atoms with Gasteiger partial charge in [0.15, 0.2) is 5.82 Å². The van der Waals surface area contributed by atoms with Crippen LogP contribution in [0.15, 0.2) is 6.07 Å². The molecule has 1 saturated carbocycles. The number of nitrogens with two attached hydrogens (primary N) is 1. The number of nitrogens with zero attached hydrogens (tertiary/aromatic N) is 3. The maximum atomic E-state index is 11.8. The number of rotatable bonds is 7. The molecule has 0 saturated heterocycles. The van der Waals surface area contributed by atoms with Crippen LogP contribution < -0.4 is 21.5 Å². The fourth-order valence-corrected chi connectivity index (χ4v) is 1.74. The Balaban J connectivity index is 2.04. The predicted molar refractivity (Wildman–Crippen MR) is 75.0 cm³/mol. The quantitative estimate of drug-likeness (QED) is 0.462. The smallest absolute Gasteiger partial charge is 0.239 e. The predicted octanol–water partition coefficient (Wildman–Crippen LogP) is -0.377. The average molecular weight is 280 g/mol. The van der Waals surface area contributed by atoms with Crippen LogP contribution in [0.25, 0.3) is 0 Å². The summed E-state index contributed by atoms with van der Waals surface area (Å²) in [5.41, 5.74) is 2.48. The van der Waals surface area contributed by atoms with Crippen molar-refractivity contribution in [1.82, 2.24) is 15.3 Å². The van der Waals surface area contributed by atoms with E-state index in [0.29, 0.717) is 23.5 Å². The molecule has 2 rings (SSSR count). The lowest BCUT2D eigenvalue weighted by Crippen LogP contribution is -2.36. The number of carbonyl (C=O) groups is 1. The molecule has 0 bridgehead atoms. The van der Waals surface area contributed by atoms with Gasteiger partial charge in [-0.2, -0.15) is 0 Å². The maximum Gasteiger partial charge on any atom is 0.239 e. The summed E-state index contributed by atoms with van der Waals surface area (Å²) in [6, 6.07) is 2.04. The van der Waals surface area contributed by atoms with Gasteiger partial charge in [-0.3, -0.25) is 4.79 Å². The van der Waals surface area contributed by atoms with Gasteiger partial charge in [0.05, 0.1) is 6.54 Å². The lowest BCUT2D eigenvalue weighted by molar-refractivity contribution is -0.119. The van der Waals surface area contributed by atoms with Gasteiger partial charge in [-0.05, 0) is 12.8 Å². The van der Waals surface area contributed by atoms with Crippen molar-refractivity contribution in [2.45, 2.75) is 25.5 Å². The van der Waals surface area contributed by atoms with Crippen LogP contribution in [0.4, 0.5) is 11.6 Å². The van der Waals surface area contributed by atoms with Crippen molar-refractivity contribution in [3.63, 3.8) is 0 Å². The van der Waals surface area contributed by atoms with E-state index >= 15 is 0 Å². The number of aromatic nitrogens is 2. The molecule has 1 aromatic rings. The van der Waals surface area contributed by atoms with Crippen LogP contribution in [0.2, 0.25) is 0 Å². The van der Waals surface area contributed by atoms with E-state index in [1.807, 2.05) is 0 Å². The summed E-state index contributed by atoms with van der Waals surface area (Å²) in [7, 11) is 3.37. The molecule has 20 heavy (non-hydrogen) atoms. The Morgan fingerprint density at radius 3 is 2.90 bits per heavy atom. The van der Waals surface area contributed by atoms with E-state index in [-0.39, 0.29) is 19.1 Å². The number of hydrazine groups is 1. The molecule has 0 aromatic carbocycles. The first-order valence-corrected chi connectivity index (χ1v) is 6.46. The number of ether oxygens (including phenoxy) is 1. The normalized spacial score (nSPS) is 13.9. The van der Waals surface area contributed by atoms with Crippen molar-refractivity contribution < 1.29 is 9.53 Å². The van der Waals surface area contributed by atoms with E-state index in [1.54, 1.807) is 25.1 Å². The van der Waals surface area contributed by atoms with E-state index in [2.05, 4.69) is 20.7 Å². The van der Waals surface area contributed by atoms with Gasteiger partial charge >= 0.3 is 0 Å². The van der Waals surface area contributed by atoms with Gasteiger partial charge in [-0.1, -0.05) is 0 Å². The third-order valence-corrected chi connectivity index (χ3v) is 2.89. The van der Waals surface area contributed by atoms with Crippen molar-refractivity contribution in [1.29, 1.82) is 0 Å². The molecule has 8 heteroatoms. The van der Waals surface area contributed by atoms with Gasteiger partial charge in [0.2, 0.25) is 5.91 Å². The summed E-state index contributed by atoms with van der Waals surface area (Å²) >= 11 is 0. The van der Waals surface area contributed by atoms with Crippen LogP contribution in [-0.2, 0) is 16.1 Å². The van der Waals surface area contributed by atoms with Crippen LogP contribution in [0, 0.1) is 0 Å². The molecule has 0 spiro atoms. The Hall–Kier alpha value is -1.93. The molecule has 0 radical (unpaired) electrons. The van der Waals surface area contributed by atoms with Gasteiger partial charge in [0.25, 0.3) is 0 Å². The standard InChI is InChI=1S/C12H20N6O2/c1-18(6-12(19)14-8-3-4-8)11-5-9(17-13)15-10(16-11)7-20-2/h5,8H,3-4,6-7,13H2,1-2H3,(H,14,19)(H,15,16,17). The van der Waals surface area contributed by atoms with E-state index in [0.717, 1.165) is 12.8 Å². The van der Waals surface area contributed by atoms with Crippen LogP contribution in [0.3, 0.4) is 0 Å². The Kier molecular flexibility index (Phi) is 4.70. The zero-order valence-electron chi connectivity index (χ0n) is 11.7. The van der Waals surface area contributed by atoms with Crippen molar-refractivity contribution in [3.8, 4) is 0 Å². The average Bonchev–Trinajstić information content (AvgIpc) is 3.22. The lowest BCUT2D eigenvalue weighted by Gasteiger charge is -2.19. The highest BCUT2D eigenvalue weighted by Gasteiger charge is 2.23. The maximum absolute atomic E-state index is 11.8. The van der Waals surface area contributed by atoms with E-state index in [4.69, 9.17) is 10.6 Å². The van der Waals surface area contributed by atoms with E-state index in [9.17, 15) is 4.79 Å². The molecule has 4 N–H and O–H groups in total. The van der Waals surface area contributed by atoms with Crippen LogP contribution in [0.1, 0.15) is 18.7 Å². The van der Waals surface area contributed by atoms with E-state index in [1.165, 1.54) is 0 Å². The molecule has 1 aliphatic carbocycles. The second-order valence-electron chi connectivity index (χ2n) is 4.80. The minimum absolute atomic E-state index is 0.0100. The third kappa shape index (κ3) is 4.04. The van der Waals surface area contributed by atoms with Crippen molar-refractivity contribution >= 4 is 17.5 Å². The number of hydrogen-bond acceptors (Lipinski definition) is 7. The fraction of sp³-hybridized carbons (Fsp3) is 0.583.